The number of carbonyl (C=O) groups excluding carboxylic acids is 1. The molecule has 4 rings (SSSR count). The molecule has 0 aliphatic carbocycles. The third-order valence-corrected chi connectivity index (χ3v) is 4.55. The van der Waals surface area contributed by atoms with Gasteiger partial charge < -0.3 is 14.3 Å². The van der Waals surface area contributed by atoms with Crippen molar-refractivity contribution in [3.05, 3.63) is 102 Å². The van der Waals surface area contributed by atoms with Gasteiger partial charge in [0, 0.05) is 25.0 Å². The SMILES string of the molecule is Cn1ccnc1[C@H](NC(=O)c1ccc(-c2ccc(F)cc2)o1)c1ccc(F)cc1. The van der Waals surface area contributed by atoms with Gasteiger partial charge in [0.1, 0.15) is 29.3 Å². The van der Waals surface area contributed by atoms with E-state index >= 15 is 0 Å². The molecule has 29 heavy (non-hydrogen) atoms. The highest BCUT2D eigenvalue weighted by Crippen LogP contribution is 2.25. The number of halogens is 2. The van der Waals surface area contributed by atoms with Gasteiger partial charge in [-0.25, -0.2) is 13.8 Å². The van der Waals surface area contributed by atoms with Gasteiger partial charge in [-0.3, -0.25) is 4.79 Å². The number of carbonyl (C=O) groups is 1. The van der Waals surface area contributed by atoms with Gasteiger partial charge in [0.2, 0.25) is 0 Å². The molecule has 0 aliphatic heterocycles. The van der Waals surface area contributed by atoms with E-state index in [0.717, 1.165) is 0 Å². The Morgan fingerprint density at radius 3 is 2.28 bits per heavy atom. The molecule has 2 heterocycles. The van der Waals surface area contributed by atoms with Crippen molar-refractivity contribution in [3.8, 4) is 11.3 Å². The van der Waals surface area contributed by atoms with Crippen LogP contribution in [0.3, 0.4) is 0 Å². The van der Waals surface area contributed by atoms with E-state index in [1.165, 1.54) is 24.3 Å². The number of furan rings is 1. The number of hydrogen-bond acceptors (Lipinski definition) is 3. The Morgan fingerprint density at radius 2 is 1.66 bits per heavy atom. The van der Waals surface area contributed by atoms with E-state index in [0.29, 0.717) is 22.7 Å². The lowest BCUT2D eigenvalue weighted by Gasteiger charge is -2.18. The lowest BCUT2D eigenvalue weighted by Crippen LogP contribution is -2.30. The highest BCUT2D eigenvalue weighted by atomic mass is 19.1. The lowest BCUT2D eigenvalue weighted by atomic mass is 10.1. The van der Waals surface area contributed by atoms with Crippen LogP contribution in [0.2, 0.25) is 0 Å². The molecule has 4 aromatic rings. The van der Waals surface area contributed by atoms with Crippen LogP contribution in [-0.4, -0.2) is 15.5 Å². The summed E-state index contributed by atoms with van der Waals surface area (Å²) >= 11 is 0. The largest absolute Gasteiger partial charge is 0.451 e. The van der Waals surface area contributed by atoms with Crippen molar-refractivity contribution in [2.45, 2.75) is 6.04 Å². The number of aromatic nitrogens is 2. The summed E-state index contributed by atoms with van der Waals surface area (Å²) in [7, 11) is 1.81. The van der Waals surface area contributed by atoms with Crippen LogP contribution in [0.4, 0.5) is 8.78 Å². The fourth-order valence-electron chi connectivity index (χ4n) is 3.04. The summed E-state index contributed by atoms with van der Waals surface area (Å²) in [4.78, 5) is 17.1. The van der Waals surface area contributed by atoms with Gasteiger partial charge in [-0.2, -0.15) is 0 Å². The van der Waals surface area contributed by atoms with E-state index in [-0.39, 0.29) is 17.4 Å². The average molecular weight is 393 g/mol. The summed E-state index contributed by atoms with van der Waals surface area (Å²) in [6, 6.07) is 14.3. The Labute approximate surface area is 165 Å². The first-order valence-corrected chi connectivity index (χ1v) is 8.90. The zero-order chi connectivity index (χ0) is 20.4. The summed E-state index contributed by atoms with van der Waals surface area (Å²) in [6.45, 7) is 0. The van der Waals surface area contributed by atoms with Crippen LogP contribution in [0.25, 0.3) is 11.3 Å². The second-order valence-corrected chi connectivity index (χ2v) is 6.53. The predicted molar refractivity (Wildman–Crippen MR) is 103 cm³/mol. The summed E-state index contributed by atoms with van der Waals surface area (Å²) in [6.07, 6.45) is 3.38. The van der Waals surface area contributed by atoms with Crippen molar-refractivity contribution < 1.29 is 18.0 Å². The monoisotopic (exact) mass is 393 g/mol. The molecular formula is C22H17F2N3O2. The molecule has 2 aromatic carbocycles. The summed E-state index contributed by atoms with van der Waals surface area (Å²) in [5, 5.41) is 2.89. The molecule has 0 saturated heterocycles. The number of imidazole rings is 1. The normalized spacial score (nSPS) is 12.0. The third-order valence-electron chi connectivity index (χ3n) is 4.55. The maximum absolute atomic E-state index is 13.3. The minimum absolute atomic E-state index is 0.102. The van der Waals surface area contributed by atoms with Gasteiger partial charge in [-0.1, -0.05) is 12.1 Å². The number of benzene rings is 2. The quantitative estimate of drug-likeness (QED) is 0.544. The van der Waals surface area contributed by atoms with E-state index in [1.807, 2.05) is 7.05 Å². The Kier molecular flexibility index (Phi) is 4.95. The lowest BCUT2D eigenvalue weighted by molar-refractivity contribution is 0.0914. The van der Waals surface area contributed by atoms with Gasteiger partial charge >= 0.3 is 0 Å². The molecule has 1 atom stereocenters. The van der Waals surface area contributed by atoms with E-state index in [4.69, 9.17) is 4.42 Å². The van der Waals surface area contributed by atoms with Crippen molar-refractivity contribution in [2.24, 2.45) is 7.05 Å². The van der Waals surface area contributed by atoms with Gasteiger partial charge in [0.15, 0.2) is 5.76 Å². The fraction of sp³-hybridized carbons (Fsp3) is 0.0909. The molecular weight excluding hydrogens is 376 g/mol. The van der Waals surface area contributed by atoms with Crippen LogP contribution >= 0.6 is 0 Å². The van der Waals surface area contributed by atoms with Gasteiger partial charge in [-0.15, -0.1) is 0 Å². The van der Waals surface area contributed by atoms with Crippen LogP contribution in [-0.2, 0) is 7.05 Å². The molecule has 0 spiro atoms. The average Bonchev–Trinajstić information content (AvgIpc) is 3.37. The van der Waals surface area contributed by atoms with Crippen LogP contribution in [0.5, 0.6) is 0 Å². The first-order chi connectivity index (χ1) is 14.0. The Morgan fingerprint density at radius 1 is 1.00 bits per heavy atom. The van der Waals surface area contributed by atoms with Crippen LogP contribution in [0.15, 0.2) is 77.5 Å². The first kappa shape index (κ1) is 18.6. The van der Waals surface area contributed by atoms with Crippen LogP contribution in [0, 0.1) is 11.6 Å². The Balaban J connectivity index is 1.61. The molecule has 0 radical (unpaired) electrons. The van der Waals surface area contributed by atoms with Crippen LogP contribution < -0.4 is 5.32 Å². The first-order valence-electron chi connectivity index (χ1n) is 8.90. The van der Waals surface area contributed by atoms with E-state index in [9.17, 15) is 13.6 Å². The van der Waals surface area contributed by atoms with Gasteiger partial charge in [0.25, 0.3) is 5.91 Å². The standard InChI is InChI=1S/C22H17F2N3O2/c1-27-13-12-25-21(27)20(15-4-8-17(24)9-5-15)26-22(28)19-11-10-18(29-19)14-2-6-16(23)7-3-14/h2-13,20H,1H3,(H,26,28)/t20-/m1/s1. The van der Waals surface area contributed by atoms with Crippen LogP contribution in [0.1, 0.15) is 28.0 Å². The van der Waals surface area contributed by atoms with Crippen molar-refractivity contribution >= 4 is 5.91 Å². The molecule has 0 bridgehead atoms. The molecule has 0 unspecified atom stereocenters. The zero-order valence-corrected chi connectivity index (χ0v) is 15.5. The molecule has 2 aromatic heterocycles. The van der Waals surface area contributed by atoms with Gasteiger partial charge in [-0.05, 0) is 54.1 Å². The van der Waals surface area contributed by atoms with Crippen molar-refractivity contribution in [1.82, 2.24) is 14.9 Å². The van der Waals surface area contributed by atoms with E-state index < -0.39 is 11.9 Å². The maximum Gasteiger partial charge on any atom is 0.287 e. The highest BCUT2D eigenvalue weighted by molar-refractivity contribution is 5.92. The third kappa shape index (κ3) is 3.94. The number of nitrogens with one attached hydrogen (secondary N) is 1. The molecule has 0 aliphatic rings. The molecule has 1 N–H and O–H groups in total. The van der Waals surface area contributed by atoms with E-state index in [1.54, 1.807) is 53.4 Å². The molecule has 0 saturated carbocycles. The minimum atomic E-state index is -0.595. The predicted octanol–water partition coefficient (Wildman–Crippen LogP) is 4.48. The zero-order valence-electron chi connectivity index (χ0n) is 15.5. The minimum Gasteiger partial charge on any atom is -0.451 e. The number of aryl methyl sites for hydroxylation is 1. The van der Waals surface area contributed by atoms with Crippen molar-refractivity contribution in [1.29, 1.82) is 0 Å². The number of rotatable bonds is 5. The summed E-state index contributed by atoms with van der Waals surface area (Å²) in [5.41, 5.74) is 1.34. The highest BCUT2D eigenvalue weighted by Gasteiger charge is 2.23. The summed E-state index contributed by atoms with van der Waals surface area (Å²) in [5.74, 6) is -0.0220. The molecule has 1 amide bonds. The van der Waals surface area contributed by atoms with Gasteiger partial charge in [0.05, 0.1) is 0 Å². The number of hydrogen-bond donors (Lipinski definition) is 1. The molecule has 7 heteroatoms. The van der Waals surface area contributed by atoms with Crippen molar-refractivity contribution in [3.63, 3.8) is 0 Å². The fourth-order valence-corrected chi connectivity index (χ4v) is 3.04. The molecule has 0 fully saturated rings. The smallest absolute Gasteiger partial charge is 0.287 e. The number of nitrogens with zero attached hydrogens (tertiary/aromatic N) is 2. The second kappa shape index (κ2) is 7.71. The Hall–Kier alpha value is -3.74. The second-order valence-electron chi connectivity index (χ2n) is 6.53. The molecule has 5 nitrogen and oxygen atoms in total. The van der Waals surface area contributed by atoms with E-state index in [2.05, 4.69) is 10.3 Å². The topological polar surface area (TPSA) is 60.1 Å². The summed E-state index contributed by atoms with van der Waals surface area (Å²) < 4.78 is 33.9. The maximum atomic E-state index is 13.3. The molecule has 146 valence electrons. The Bertz CT molecular complexity index is 1130. The van der Waals surface area contributed by atoms with Crippen molar-refractivity contribution in [2.75, 3.05) is 0 Å². The number of amides is 1.